The van der Waals surface area contributed by atoms with E-state index in [4.69, 9.17) is 11.5 Å². The molecule has 1 fully saturated rings. The van der Waals surface area contributed by atoms with Gasteiger partial charge in [0.25, 0.3) is 0 Å². The zero-order valence-corrected chi connectivity index (χ0v) is 15.1. The average Bonchev–Trinajstić information content (AvgIpc) is 2.89. The lowest BCUT2D eigenvalue weighted by atomic mass is 9.98. The van der Waals surface area contributed by atoms with Crippen molar-refractivity contribution in [3.8, 4) is 0 Å². The number of nitrogens with zero attached hydrogens (tertiary/aromatic N) is 2. The maximum atomic E-state index is 12.8. The highest BCUT2D eigenvalue weighted by Crippen LogP contribution is 2.36. The van der Waals surface area contributed by atoms with Crippen LogP contribution in [0.1, 0.15) is 52.9 Å². The van der Waals surface area contributed by atoms with Gasteiger partial charge < -0.3 is 16.6 Å². The molecule has 1 unspecified atom stereocenters. The minimum atomic E-state index is -0.913. The largest absolute Gasteiger partial charge is 0.481 e. The fraction of sp³-hybridized carbons (Fsp3) is 0.750. The average molecular weight is 355 g/mol. The predicted molar refractivity (Wildman–Crippen MR) is 93.1 cm³/mol. The van der Waals surface area contributed by atoms with Crippen LogP contribution in [0.15, 0.2) is 4.99 Å². The van der Waals surface area contributed by atoms with Gasteiger partial charge in [-0.3, -0.25) is 24.8 Å². The number of nitrogens with one attached hydrogen (secondary N) is 1. The first-order valence-corrected chi connectivity index (χ1v) is 8.60. The normalized spacial score (nSPS) is 22.5. The van der Waals surface area contributed by atoms with Crippen LogP contribution >= 0.6 is 0 Å². The van der Waals surface area contributed by atoms with Gasteiger partial charge in [-0.25, -0.2) is 4.99 Å². The molecule has 9 nitrogen and oxygen atoms in total. The van der Waals surface area contributed by atoms with E-state index >= 15 is 0 Å². The number of hydrogen-bond acceptors (Lipinski definition) is 4. The second-order valence-corrected chi connectivity index (χ2v) is 6.49. The van der Waals surface area contributed by atoms with Crippen LogP contribution in [0.3, 0.4) is 0 Å². The monoisotopic (exact) mass is 355 g/mol. The first-order chi connectivity index (χ1) is 11.7. The van der Waals surface area contributed by atoms with E-state index in [0.29, 0.717) is 25.7 Å². The molecule has 0 heterocycles. The van der Waals surface area contributed by atoms with Crippen LogP contribution in [0.25, 0.3) is 0 Å². The Morgan fingerprint density at radius 1 is 1.24 bits per heavy atom. The summed E-state index contributed by atoms with van der Waals surface area (Å²) in [5, 5.41) is 10.6. The summed E-state index contributed by atoms with van der Waals surface area (Å²) in [6.45, 7) is 5.23. The number of hydrogen-bond donors (Lipinski definition) is 4. The van der Waals surface area contributed by atoms with Gasteiger partial charge in [0.15, 0.2) is 5.96 Å². The van der Waals surface area contributed by atoms with Crippen LogP contribution in [0.5, 0.6) is 0 Å². The molecule has 2 amide bonds. The smallest absolute Gasteiger partial charge is 0.306 e. The Morgan fingerprint density at radius 2 is 1.84 bits per heavy atom. The zero-order valence-electron chi connectivity index (χ0n) is 15.1. The number of guanidine groups is 1. The third kappa shape index (κ3) is 5.91. The van der Waals surface area contributed by atoms with E-state index in [2.05, 4.69) is 10.4 Å². The highest BCUT2D eigenvalue weighted by atomic mass is 16.4. The Balaban J connectivity index is 2.93. The van der Waals surface area contributed by atoms with E-state index in [1.165, 1.54) is 11.9 Å². The summed E-state index contributed by atoms with van der Waals surface area (Å²) in [6.07, 6.45) is 2.11. The quantitative estimate of drug-likeness (QED) is 0.291. The van der Waals surface area contributed by atoms with Gasteiger partial charge in [-0.05, 0) is 31.6 Å². The number of amides is 2. The molecule has 3 atom stereocenters. The van der Waals surface area contributed by atoms with E-state index in [9.17, 15) is 19.5 Å². The molecule has 25 heavy (non-hydrogen) atoms. The van der Waals surface area contributed by atoms with Crippen LogP contribution in [-0.2, 0) is 14.4 Å². The molecular formula is C16H29N5O4. The Morgan fingerprint density at radius 3 is 2.28 bits per heavy atom. The van der Waals surface area contributed by atoms with Crippen molar-refractivity contribution in [3.05, 3.63) is 0 Å². The van der Waals surface area contributed by atoms with Crippen LogP contribution in [0, 0.1) is 11.8 Å². The number of aliphatic imine (C=N–C) groups is 1. The highest BCUT2D eigenvalue weighted by molar-refractivity contribution is 5.82. The fourth-order valence-corrected chi connectivity index (χ4v) is 3.38. The second-order valence-electron chi connectivity index (χ2n) is 6.49. The topological polar surface area (TPSA) is 151 Å². The molecule has 0 aromatic heterocycles. The molecule has 0 saturated heterocycles. The van der Waals surface area contributed by atoms with E-state index in [-0.39, 0.29) is 36.2 Å². The van der Waals surface area contributed by atoms with Gasteiger partial charge in [-0.15, -0.1) is 0 Å². The molecule has 1 saturated carbocycles. The Kier molecular flexibility index (Phi) is 7.66. The number of carboxylic acids is 1. The summed E-state index contributed by atoms with van der Waals surface area (Å²) in [5.41, 5.74) is 13.5. The molecule has 0 radical (unpaired) electrons. The summed E-state index contributed by atoms with van der Waals surface area (Å²) in [7, 11) is 0. The number of aliphatic carboxylic acids is 1. The number of carboxylic acid groups (broad SMARTS) is 1. The predicted octanol–water partition coefficient (Wildman–Crippen LogP) is 0.198. The van der Waals surface area contributed by atoms with Gasteiger partial charge in [-0.1, -0.05) is 13.8 Å². The lowest BCUT2D eigenvalue weighted by Gasteiger charge is -2.31. The minimum Gasteiger partial charge on any atom is -0.481 e. The first-order valence-electron chi connectivity index (χ1n) is 8.60. The molecule has 1 rings (SSSR count). The maximum Gasteiger partial charge on any atom is 0.306 e. The minimum absolute atomic E-state index is 0.0853. The summed E-state index contributed by atoms with van der Waals surface area (Å²) < 4.78 is 0. The standard InChI is InChI=1S/C16H29N5O4/c1-4-12(5-2)21(20-9(3)22)14(23)8-10-6-11(15(24)25)7-13(10)19-16(17)18/h10-13H,4-8H2,1-3H3,(H,20,22)(H,24,25)(H4,17,18,19)/t10-,11?,13+/m1/s1. The van der Waals surface area contributed by atoms with Crippen LogP contribution in [-0.4, -0.2) is 45.9 Å². The zero-order chi connectivity index (χ0) is 19.1. The number of nitrogens with two attached hydrogens (primary N) is 2. The van der Waals surface area contributed by atoms with Crippen LogP contribution < -0.4 is 16.9 Å². The molecule has 0 aromatic carbocycles. The third-order valence-electron chi connectivity index (χ3n) is 4.61. The van der Waals surface area contributed by atoms with Crippen molar-refractivity contribution in [3.63, 3.8) is 0 Å². The summed E-state index contributed by atoms with van der Waals surface area (Å²) >= 11 is 0. The van der Waals surface area contributed by atoms with E-state index < -0.39 is 17.9 Å². The molecule has 0 bridgehead atoms. The fourth-order valence-electron chi connectivity index (χ4n) is 3.38. The Bertz CT molecular complexity index is 529. The van der Waals surface area contributed by atoms with Crippen molar-refractivity contribution < 1.29 is 19.5 Å². The first kappa shape index (κ1) is 20.7. The van der Waals surface area contributed by atoms with Crippen molar-refractivity contribution in [1.82, 2.24) is 10.4 Å². The third-order valence-corrected chi connectivity index (χ3v) is 4.61. The molecule has 9 heteroatoms. The number of hydrazine groups is 1. The van der Waals surface area contributed by atoms with Crippen molar-refractivity contribution in [2.75, 3.05) is 0 Å². The van der Waals surface area contributed by atoms with Crippen molar-refractivity contribution in [2.24, 2.45) is 28.3 Å². The molecule has 0 aromatic rings. The number of carbonyl (C=O) groups excluding carboxylic acids is 2. The van der Waals surface area contributed by atoms with Gasteiger partial charge >= 0.3 is 5.97 Å². The number of carbonyl (C=O) groups is 3. The SMILES string of the molecule is CCC(CC)N(NC(C)=O)C(=O)C[C@H]1CC(C(=O)O)C[C@@H]1N=C(N)N. The summed E-state index contributed by atoms with van der Waals surface area (Å²) in [5.74, 6) is -2.46. The van der Waals surface area contributed by atoms with Gasteiger partial charge in [-0.2, -0.15) is 0 Å². The summed E-state index contributed by atoms with van der Waals surface area (Å²) in [4.78, 5) is 39.6. The second kappa shape index (κ2) is 9.24. The Labute approximate surface area is 147 Å². The molecule has 142 valence electrons. The van der Waals surface area contributed by atoms with E-state index in [1.807, 2.05) is 13.8 Å². The van der Waals surface area contributed by atoms with Gasteiger partial charge in [0, 0.05) is 13.3 Å². The molecule has 0 aliphatic heterocycles. The lowest BCUT2D eigenvalue weighted by molar-refractivity contribution is -0.145. The lowest BCUT2D eigenvalue weighted by Crippen LogP contribution is -2.51. The summed E-state index contributed by atoms with van der Waals surface area (Å²) in [6, 6.07) is -0.523. The van der Waals surface area contributed by atoms with Crippen molar-refractivity contribution in [1.29, 1.82) is 0 Å². The molecule has 1 aliphatic rings. The van der Waals surface area contributed by atoms with Gasteiger partial charge in [0.1, 0.15) is 0 Å². The van der Waals surface area contributed by atoms with Gasteiger partial charge in [0.2, 0.25) is 11.8 Å². The van der Waals surface area contributed by atoms with Crippen molar-refractivity contribution >= 4 is 23.7 Å². The number of rotatable bonds is 7. The van der Waals surface area contributed by atoms with E-state index in [1.54, 1.807) is 0 Å². The van der Waals surface area contributed by atoms with Crippen molar-refractivity contribution in [2.45, 2.75) is 65.0 Å². The maximum absolute atomic E-state index is 12.8. The van der Waals surface area contributed by atoms with Crippen LogP contribution in [0.4, 0.5) is 0 Å². The van der Waals surface area contributed by atoms with Gasteiger partial charge in [0.05, 0.1) is 18.0 Å². The van der Waals surface area contributed by atoms with E-state index in [0.717, 1.165) is 0 Å². The molecular weight excluding hydrogens is 326 g/mol. The highest BCUT2D eigenvalue weighted by Gasteiger charge is 2.40. The Hall–Kier alpha value is -2.32. The van der Waals surface area contributed by atoms with Crippen LogP contribution in [0.2, 0.25) is 0 Å². The molecule has 0 spiro atoms. The molecule has 6 N–H and O–H groups in total. The molecule has 1 aliphatic carbocycles.